The summed E-state index contributed by atoms with van der Waals surface area (Å²) in [5, 5.41) is 3.18. The van der Waals surface area contributed by atoms with Gasteiger partial charge in [-0.15, -0.1) is 0 Å². The van der Waals surface area contributed by atoms with E-state index in [0.717, 1.165) is 25.9 Å². The molecule has 3 heterocycles. The molecule has 1 fully saturated rings. The topological polar surface area (TPSA) is 101 Å². The standard InChI is InChI=1S/C35H48ClFN6O4Si/c1-33(2,3)47-32(45)39-30-40-35(7,22-28(44)42(30)19-20-46-48(8,9)34(4,5)6)24-13-12-14-26(29(24)37)43-27-21-23(36)15-16-25(27)38-31(43)41-17-10-11-18-41/h12-16,21H,10-11,17-20,22H2,1-9H3,(H,39,40,45)/t35-/m0/s1. The number of carbonyl (C=O) groups excluding carboxylic acids is 2. The van der Waals surface area contributed by atoms with E-state index >= 15 is 4.39 Å². The molecule has 0 saturated carbocycles. The molecule has 48 heavy (non-hydrogen) atoms. The molecule has 10 nitrogen and oxygen atoms in total. The molecule has 0 unspecified atom stereocenters. The fraction of sp³-hybridized carbons (Fsp3) is 0.543. The molecule has 0 aliphatic carbocycles. The van der Waals surface area contributed by atoms with Crippen LogP contribution in [0, 0.1) is 5.82 Å². The number of halogens is 2. The van der Waals surface area contributed by atoms with Gasteiger partial charge in [0.15, 0.2) is 14.1 Å². The van der Waals surface area contributed by atoms with Gasteiger partial charge in [0.2, 0.25) is 17.8 Å². The van der Waals surface area contributed by atoms with Gasteiger partial charge in [-0.3, -0.25) is 19.6 Å². The number of ether oxygens (including phenoxy) is 1. The minimum absolute atomic E-state index is 0.00995. The summed E-state index contributed by atoms with van der Waals surface area (Å²) < 4.78 is 30.7. The summed E-state index contributed by atoms with van der Waals surface area (Å²) in [6, 6.07) is 10.5. The Morgan fingerprint density at radius 2 is 1.79 bits per heavy atom. The van der Waals surface area contributed by atoms with Crippen molar-refractivity contribution in [1.82, 2.24) is 19.8 Å². The molecule has 3 aromatic rings. The number of hydrogen-bond donors (Lipinski definition) is 1. The van der Waals surface area contributed by atoms with E-state index in [0.29, 0.717) is 22.0 Å². The number of amides is 2. The third-order valence-corrected chi connectivity index (χ3v) is 14.2. The Labute approximate surface area is 288 Å². The molecule has 13 heteroatoms. The molecule has 1 saturated heterocycles. The maximum Gasteiger partial charge on any atom is 0.414 e. The van der Waals surface area contributed by atoms with Crippen molar-refractivity contribution in [2.75, 3.05) is 31.1 Å². The van der Waals surface area contributed by atoms with E-state index in [-0.39, 0.29) is 47.7 Å². The predicted molar refractivity (Wildman–Crippen MR) is 191 cm³/mol. The largest absolute Gasteiger partial charge is 0.444 e. The number of carbonyl (C=O) groups is 2. The van der Waals surface area contributed by atoms with Gasteiger partial charge in [0.1, 0.15) is 5.60 Å². The van der Waals surface area contributed by atoms with E-state index < -0.39 is 31.4 Å². The molecule has 2 aliphatic heterocycles. The van der Waals surface area contributed by atoms with Crippen molar-refractivity contribution < 1.29 is 23.1 Å². The van der Waals surface area contributed by atoms with Crippen LogP contribution in [0.4, 0.5) is 15.1 Å². The quantitative estimate of drug-likeness (QED) is 0.253. The van der Waals surface area contributed by atoms with E-state index in [4.69, 9.17) is 30.7 Å². The fourth-order valence-corrected chi connectivity index (χ4v) is 7.04. The van der Waals surface area contributed by atoms with Crippen LogP contribution < -0.4 is 10.2 Å². The van der Waals surface area contributed by atoms with Gasteiger partial charge in [0.05, 0.1) is 41.8 Å². The maximum atomic E-state index is 17.0. The molecule has 2 amide bonds. The molecule has 0 bridgehead atoms. The second kappa shape index (κ2) is 13.1. The number of nitrogens with zero attached hydrogens (tertiary/aromatic N) is 5. The second-order valence-electron chi connectivity index (χ2n) is 15.4. The van der Waals surface area contributed by atoms with Crippen LogP contribution in [0.25, 0.3) is 16.7 Å². The van der Waals surface area contributed by atoms with E-state index in [1.54, 1.807) is 62.6 Å². The molecule has 2 aliphatic rings. The lowest BCUT2D eigenvalue weighted by Crippen LogP contribution is -2.55. The highest BCUT2D eigenvalue weighted by molar-refractivity contribution is 6.74. The van der Waals surface area contributed by atoms with E-state index in [2.05, 4.69) is 44.1 Å². The van der Waals surface area contributed by atoms with Crippen molar-refractivity contribution in [3.8, 4) is 5.69 Å². The summed E-state index contributed by atoms with van der Waals surface area (Å²) in [5.41, 5.74) is -0.274. The van der Waals surface area contributed by atoms with Crippen LogP contribution in [-0.4, -0.2) is 72.6 Å². The number of benzene rings is 2. The van der Waals surface area contributed by atoms with Gasteiger partial charge in [-0.1, -0.05) is 44.5 Å². The van der Waals surface area contributed by atoms with Crippen LogP contribution in [-0.2, 0) is 19.5 Å². The summed E-state index contributed by atoms with van der Waals surface area (Å²) in [5.74, 6) is -0.235. The summed E-state index contributed by atoms with van der Waals surface area (Å²) in [6.07, 6.45) is 1.15. The number of hydrogen-bond acceptors (Lipinski definition) is 7. The van der Waals surface area contributed by atoms with Gasteiger partial charge in [-0.25, -0.2) is 19.2 Å². The second-order valence-corrected chi connectivity index (χ2v) is 20.6. The van der Waals surface area contributed by atoms with Gasteiger partial charge in [0.25, 0.3) is 0 Å². The fourth-order valence-electron chi connectivity index (χ4n) is 5.84. The minimum Gasteiger partial charge on any atom is -0.444 e. The van der Waals surface area contributed by atoms with E-state index in [1.807, 2.05) is 6.07 Å². The monoisotopic (exact) mass is 698 g/mol. The highest BCUT2D eigenvalue weighted by Crippen LogP contribution is 2.40. The van der Waals surface area contributed by atoms with Crippen molar-refractivity contribution in [2.24, 2.45) is 4.99 Å². The summed E-state index contributed by atoms with van der Waals surface area (Å²) in [7, 11) is -2.11. The Morgan fingerprint density at radius 3 is 2.44 bits per heavy atom. The number of nitrogens with one attached hydrogen (secondary N) is 1. The Bertz CT molecular complexity index is 1740. The number of anilines is 1. The molecule has 1 atom stereocenters. The highest BCUT2D eigenvalue weighted by Gasteiger charge is 2.42. The molecular formula is C35H48ClFN6O4Si. The molecule has 260 valence electrons. The van der Waals surface area contributed by atoms with Crippen molar-refractivity contribution in [2.45, 2.75) is 97.0 Å². The zero-order valence-corrected chi connectivity index (χ0v) is 31.3. The first kappa shape index (κ1) is 35.8. The SMILES string of the molecule is CC(C)(C)OC(=O)NC1=N[C@](C)(c2cccc(-n3c(N4CCCC4)nc4ccc(Cl)cc43)c2F)CC(=O)N1CCO[Si](C)(C)C(C)(C)C. The third-order valence-electron chi connectivity index (χ3n) is 9.39. The summed E-state index contributed by atoms with van der Waals surface area (Å²) in [6.45, 7) is 19.7. The zero-order valence-electron chi connectivity index (χ0n) is 29.5. The van der Waals surface area contributed by atoms with Crippen molar-refractivity contribution in [3.05, 3.63) is 52.8 Å². The van der Waals surface area contributed by atoms with Crippen molar-refractivity contribution in [1.29, 1.82) is 0 Å². The average Bonchev–Trinajstić information content (AvgIpc) is 3.61. The van der Waals surface area contributed by atoms with Crippen molar-refractivity contribution in [3.63, 3.8) is 0 Å². The number of fused-ring (bicyclic) bond motifs is 1. The first-order valence-electron chi connectivity index (χ1n) is 16.6. The predicted octanol–water partition coefficient (Wildman–Crippen LogP) is 7.77. The van der Waals surface area contributed by atoms with Crippen LogP contribution in [0.5, 0.6) is 0 Å². The number of alkyl carbamates (subject to hydrolysis) is 1. The molecule has 1 aromatic heterocycles. The molecule has 2 aromatic carbocycles. The molecule has 0 spiro atoms. The lowest BCUT2D eigenvalue weighted by atomic mass is 9.86. The van der Waals surface area contributed by atoms with Crippen LogP contribution in [0.1, 0.15) is 73.3 Å². The smallest absolute Gasteiger partial charge is 0.414 e. The summed E-state index contributed by atoms with van der Waals surface area (Å²) in [4.78, 5) is 40.2. The zero-order chi connectivity index (χ0) is 35.2. The van der Waals surface area contributed by atoms with Gasteiger partial charge in [0, 0.05) is 23.7 Å². The van der Waals surface area contributed by atoms with Crippen LogP contribution in [0.15, 0.2) is 41.4 Å². The van der Waals surface area contributed by atoms with Crippen molar-refractivity contribution >= 4 is 54.9 Å². The third kappa shape index (κ3) is 7.40. The Kier molecular flexibility index (Phi) is 9.77. The minimum atomic E-state index is -2.11. The molecular weight excluding hydrogens is 651 g/mol. The number of imidazole rings is 1. The molecule has 5 rings (SSSR count). The Balaban J connectivity index is 1.57. The highest BCUT2D eigenvalue weighted by atomic mass is 35.5. The molecule has 1 N–H and O–H groups in total. The van der Waals surface area contributed by atoms with Crippen LogP contribution >= 0.6 is 11.6 Å². The average molecular weight is 699 g/mol. The normalized spacial score (nSPS) is 19.2. The van der Waals surface area contributed by atoms with Gasteiger partial charge >= 0.3 is 6.09 Å². The Hall–Kier alpha value is -3.48. The van der Waals surface area contributed by atoms with E-state index in [9.17, 15) is 9.59 Å². The number of guanidine groups is 1. The van der Waals surface area contributed by atoms with Crippen LogP contribution in [0.3, 0.4) is 0 Å². The van der Waals surface area contributed by atoms with E-state index in [1.165, 1.54) is 4.90 Å². The Morgan fingerprint density at radius 1 is 1.10 bits per heavy atom. The number of aromatic nitrogens is 2. The first-order chi connectivity index (χ1) is 22.3. The number of rotatable bonds is 7. The summed E-state index contributed by atoms with van der Waals surface area (Å²) >= 11 is 6.41. The lowest BCUT2D eigenvalue weighted by Gasteiger charge is -2.39. The van der Waals surface area contributed by atoms with Crippen LogP contribution in [0.2, 0.25) is 23.2 Å². The first-order valence-corrected chi connectivity index (χ1v) is 19.8. The number of aliphatic imine (C=N–C) groups is 1. The van der Waals surface area contributed by atoms with Gasteiger partial charge < -0.3 is 14.1 Å². The molecule has 0 radical (unpaired) electrons. The lowest BCUT2D eigenvalue weighted by molar-refractivity contribution is -0.130. The van der Waals surface area contributed by atoms with Gasteiger partial charge in [-0.05, 0) is 82.9 Å². The van der Waals surface area contributed by atoms with Gasteiger partial charge in [-0.2, -0.15) is 0 Å². The maximum absolute atomic E-state index is 17.0.